The highest BCUT2D eigenvalue weighted by atomic mass is 127. The van der Waals surface area contributed by atoms with Gasteiger partial charge >= 0.3 is 6.36 Å². The number of H-pyrrole nitrogens is 1. The van der Waals surface area contributed by atoms with Gasteiger partial charge in [-0.25, -0.2) is 4.98 Å². The quantitative estimate of drug-likeness (QED) is 0.817. The zero-order chi connectivity index (χ0) is 11.1. The Bertz CT molecular complexity index is 494. The number of hydrogen-bond acceptors (Lipinski definition) is 2. The van der Waals surface area contributed by atoms with Crippen molar-refractivity contribution in [3.63, 3.8) is 0 Å². The molecule has 0 bridgehead atoms. The molecular weight excluding hydrogens is 324 g/mol. The summed E-state index contributed by atoms with van der Waals surface area (Å²) in [6.45, 7) is 0. The Morgan fingerprint density at radius 3 is 2.73 bits per heavy atom. The van der Waals surface area contributed by atoms with E-state index in [9.17, 15) is 13.2 Å². The Kier molecular flexibility index (Phi) is 2.49. The molecule has 0 unspecified atom stereocenters. The van der Waals surface area contributed by atoms with Gasteiger partial charge in [-0.15, -0.1) is 13.2 Å². The zero-order valence-corrected chi connectivity index (χ0v) is 9.26. The van der Waals surface area contributed by atoms with Crippen molar-refractivity contribution in [3.05, 3.63) is 22.0 Å². The van der Waals surface area contributed by atoms with Crippen molar-refractivity contribution in [2.75, 3.05) is 0 Å². The number of hydrogen-bond donors (Lipinski definition) is 1. The van der Waals surface area contributed by atoms with Gasteiger partial charge in [-0.2, -0.15) is 0 Å². The maximum atomic E-state index is 11.9. The molecule has 15 heavy (non-hydrogen) atoms. The highest BCUT2D eigenvalue weighted by molar-refractivity contribution is 14.1. The lowest BCUT2D eigenvalue weighted by atomic mass is 10.3. The van der Waals surface area contributed by atoms with E-state index in [1.807, 2.05) is 22.6 Å². The molecule has 0 aliphatic rings. The molecule has 1 aromatic heterocycles. The van der Waals surface area contributed by atoms with Gasteiger partial charge in [-0.05, 0) is 34.7 Å². The van der Waals surface area contributed by atoms with Crippen LogP contribution in [0.1, 0.15) is 0 Å². The van der Waals surface area contributed by atoms with Crippen LogP contribution in [0, 0.1) is 3.83 Å². The second-order valence-electron chi connectivity index (χ2n) is 2.75. The first-order valence-electron chi connectivity index (χ1n) is 3.85. The predicted molar refractivity (Wildman–Crippen MR) is 55.5 cm³/mol. The normalized spacial score (nSPS) is 12.0. The number of benzene rings is 1. The van der Waals surface area contributed by atoms with Gasteiger partial charge in [0.05, 0.1) is 11.0 Å². The minimum atomic E-state index is -4.67. The molecule has 0 fully saturated rings. The van der Waals surface area contributed by atoms with Crippen LogP contribution in [-0.4, -0.2) is 16.3 Å². The molecule has 0 aliphatic heterocycles. The largest absolute Gasteiger partial charge is 0.573 e. The monoisotopic (exact) mass is 328 g/mol. The van der Waals surface area contributed by atoms with Crippen LogP contribution in [0.4, 0.5) is 13.2 Å². The van der Waals surface area contributed by atoms with Crippen LogP contribution in [0.5, 0.6) is 5.75 Å². The Hall–Kier alpha value is -0.990. The van der Waals surface area contributed by atoms with Gasteiger partial charge in [-0.1, -0.05) is 0 Å². The van der Waals surface area contributed by atoms with Crippen molar-refractivity contribution in [1.82, 2.24) is 9.97 Å². The third kappa shape index (κ3) is 2.52. The fraction of sp³-hybridized carbons (Fsp3) is 0.125. The van der Waals surface area contributed by atoms with E-state index in [-0.39, 0.29) is 5.75 Å². The first-order valence-corrected chi connectivity index (χ1v) is 4.93. The van der Waals surface area contributed by atoms with Crippen LogP contribution >= 0.6 is 22.6 Å². The van der Waals surface area contributed by atoms with Crippen molar-refractivity contribution in [2.24, 2.45) is 0 Å². The minimum absolute atomic E-state index is 0.255. The van der Waals surface area contributed by atoms with Crippen molar-refractivity contribution in [1.29, 1.82) is 0 Å². The molecule has 0 spiro atoms. The maximum absolute atomic E-state index is 11.9. The van der Waals surface area contributed by atoms with Crippen molar-refractivity contribution >= 4 is 33.6 Å². The smallest absolute Gasteiger partial charge is 0.406 e. The predicted octanol–water partition coefficient (Wildman–Crippen LogP) is 3.07. The van der Waals surface area contributed by atoms with Gasteiger partial charge in [0.25, 0.3) is 0 Å². The number of nitrogens with one attached hydrogen (secondary N) is 1. The third-order valence-corrected chi connectivity index (χ3v) is 2.17. The van der Waals surface area contributed by atoms with Gasteiger partial charge in [0, 0.05) is 6.07 Å². The van der Waals surface area contributed by atoms with E-state index < -0.39 is 6.36 Å². The first-order chi connectivity index (χ1) is 6.94. The van der Waals surface area contributed by atoms with Gasteiger partial charge in [0.2, 0.25) is 0 Å². The molecule has 0 radical (unpaired) electrons. The lowest BCUT2D eigenvalue weighted by Gasteiger charge is -2.07. The number of fused-ring (bicyclic) bond motifs is 1. The average Bonchev–Trinajstić information content (AvgIpc) is 2.40. The van der Waals surface area contributed by atoms with Crippen LogP contribution in [0.15, 0.2) is 18.2 Å². The molecular formula is C8H4F3IN2O. The zero-order valence-electron chi connectivity index (χ0n) is 7.10. The molecule has 0 atom stereocenters. The lowest BCUT2D eigenvalue weighted by molar-refractivity contribution is -0.274. The Morgan fingerprint density at radius 1 is 1.33 bits per heavy atom. The van der Waals surface area contributed by atoms with E-state index in [1.165, 1.54) is 18.2 Å². The van der Waals surface area contributed by atoms with Crippen molar-refractivity contribution < 1.29 is 17.9 Å². The van der Waals surface area contributed by atoms with Crippen molar-refractivity contribution in [3.8, 4) is 5.75 Å². The van der Waals surface area contributed by atoms with Gasteiger partial charge < -0.3 is 9.72 Å². The van der Waals surface area contributed by atoms with Crippen molar-refractivity contribution in [2.45, 2.75) is 6.36 Å². The lowest BCUT2D eigenvalue weighted by Crippen LogP contribution is -2.16. The summed E-state index contributed by atoms with van der Waals surface area (Å²) in [4.78, 5) is 6.86. The summed E-state index contributed by atoms with van der Waals surface area (Å²) >= 11 is 1.94. The van der Waals surface area contributed by atoms with E-state index in [1.54, 1.807) is 0 Å². The van der Waals surface area contributed by atoms with Gasteiger partial charge in [-0.3, -0.25) is 0 Å². The number of imidazole rings is 1. The number of aromatic amines is 1. The molecule has 1 N–H and O–H groups in total. The summed E-state index contributed by atoms with van der Waals surface area (Å²) in [5, 5.41) is 0. The maximum Gasteiger partial charge on any atom is 0.573 e. The van der Waals surface area contributed by atoms with Gasteiger partial charge in [0.15, 0.2) is 3.83 Å². The summed E-state index contributed by atoms with van der Waals surface area (Å²) in [5.41, 5.74) is 1.12. The minimum Gasteiger partial charge on any atom is -0.406 e. The van der Waals surface area contributed by atoms with Crippen LogP contribution in [0.25, 0.3) is 11.0 Å². The number of nitrogens with zero attached hydrogens (tertiary/aromatic N) is 1. The van der Waals surface area contributed by atoms with E-state index in [0.29, 0.717) is 14.9 Å². The van der Waals surface area contributed by atoms with E-state index in [0.717, 1.165) is 0 Å². The fourth-order valence-electron chi connectivity index (χ4n) is 1.15. The Labute approximate surface area is 95.8 Å². The van der Waals surface area contributed by atoms with E-state index in [4.69, 9.17) is 0 Å². The fourth-order valence-corrected chi connectivity index (χ4v) is 1.71. The van der Waals surface area contributed by atoms with Crippen LogP contribution in [0.2, 0.25) is 0 Å². The summed E-state index contributed by atoms with van der Waals surface area (Å²) in [6.07, 6.45) is -4.67. The van der Waals surface area contributed by atoms with Crippen LogP contribution in [0.3, 0.4) is 0 Å². The number of alkyl halides is 3. The molecule has 0 saturated carbocycles. The number of ether oxygens (including phenoxy) is 1. The SMILES string of the molecule is FC(F)(F)Oc1ccc2nc(I)[nH]c2c1. The summed E-state index contributed by atoms with van der Waals surface area (Å²) in [7, 11) is 0. The number of rotatable bonds is 1. The summed E-state index contributed by atoms with van der Waals surface area (Å²) < 4.78 is 40.1. The molecule has 0 aliphatic carbocycles. The summed E-state index contributed by atoms with van der Waals surface area (Å²) in [5.74, 6) is -0.255. The Morgan fingerprint density at radius 2 is 2.07 bits per heavy atom. The summed E-state index contributed by atoms with van der Waals surface area (Å²) in [6, 6.07) is 3.96. The van der Waals surface area contributed by atoms with E-state index in [2.05, 4.69) is 14.7 Å². The molecule has 80 valence electrons. The molecule has 0 amide bonds. The highest BCUT2D eigenvalue weighted by Crippen LogP contribution is 2.25. The molecule has 1 aromatic carbocycles. The molecule has 2 aromatic rings. The number of aromatic nitrogens is 2. The average molecular weight is 328 g/mol. The molecule has 7 heteroatoms. The second kappa shape index (κ2) is 3.54. The van der Waals surface area contributed by atoms with Gasteiger partial charge in [0.1, 0.15) is 5.75 Å². The third-order valence-electron chi connectivity index (χ3n) is 1.66. The standard InChI is InChI=1S/C8H4F3IN2O/c9-8(10,11)15-4-1-2-5-6(3-4)14-7(12)13-5/h1-3H,(H,13,14). The van der Waals surface area contributed by atoms with E-state index >= 15 is 0 Å². The Balaban J connectivity index is 2.38. The van der Waals surface area contributed by atoms with Crippen LogP contribution < -0.4 is 4.74 Å². The molecule has 3 nitrogen and oxygen atoms in total. The molecule has 2 rings (SSSR count). The topological polar surface area (TPSA) is 37.9 Å². The highest BCUT2D eigenvalue weighted by Gasteiger charge is 2.31. The molecule has 0 saturated heterocycles. The molecule has 1 heterocycles. The number of halogens is 4. The first kappa shape index (κ1) is 10.5. The van der Waals surface area contributed by atoms with Crippen LogP contribution in [-0.2, 0) is 0 Å². The second-order valence-corrected chi connectivity index (χ2v) is 3.78.